The summed E-state index contributed by atoms with van der Waals surface area (Å²) < 4.78 is 27.3. The number of carbonyl (C=O) groups is 1. The summed E-state index contributed by atoms with van der Waals surface area (Å²) in [5.74, 6) is 0.222. The van der Waals surface area contributed by atoms with Crippen molar-refractivity contribution in [3.05, 3.63) is 75.7 Å². The van der Waals surface area contributed by atoms with Gasteiger partial charge in [0.1, 0.15) is 4.88 Å². The van der Waals surface area contributed by atoms with Crippen LogP contribution in [0.4, 0.5) is 5.69 Å². The summed E-state index contributed by atoms with van der Waals surface area (Å²) in [7, 11) is -3.52. The maximum absolute atomic E-state index is 12.7. The first-order valence-electron chi connectivity index (χ1n) is 9.82. The molecule has 0 bridgehead atoms. The van der Waals surface area contributed by atoms with Gasteiger partial charge in [0.2, 0.25) is 10.0 Å². The molecule has 1 aromatic heterocycles. The predicted octanol–water partition coefficient (Wildman–Crippen LogP) is 3.98. The number of nitrogens with one attached hydrogen (secondary N) is 2. The van der Waals surface area contributed by atoms with Gasteiger partial charge in [0.15, 0.2) is 0 Å². The van der Waals surface area contributed by atoms with Gasteiger partial charge in [0.05, 0.1) is 15.6 Å². The molecule has 0 spiro atoms. The molecule has 0 radical (unpaired) electrons. The molecule has 6 nitrogen and oxygen atoms in total. The third-order valence-electron chi connectivity index (χ3n) is 4.93. The first-order valence-corrected chi connectivity index (χ1v) is 12.1. The summed E-state index contributed by atoms with van der Waals surface area (Å²) in [6.45, 7) is 2.30. The number of thiazole rings is 1. The Hall–Kier alpha value is -2.55. The molecular weight excluding hydrogens is 418 g/mol. The number of hydrogen-bond acceptors (Lipinski definition) is 5. The van der Waals surface area contributed by atoms with Gasteiger partial charge in [0.25, 0.3) is 5.91 Å². The Labute approximate surface area is 180 Å². The highest BCUT2D eigenvalue weighted by molar-refractivity contribution is 7.89. The van der Waals surface area contributed by atoms with E-state index in [-0.39, 0.29) is 10.8 Å². The number of nitrogens with zero attached hydrogens (tertiary/aromatic N) is 1. The van der Waals surface area contributed by atoms with Crippen LogP contribution in [0.2, 0.25) is 0 Å². The molecule has 156 valence electrons. The summed E-state index contributed by atoms with van der Waals surface area (Å²) in [5.41, 5.74) is 2.37. The largest absolute Gasteiger partial charge is 0.321 e. The SMILES string of the molecule is Cc1nc(Cc2ccccc2)sc1C(=O)Nc1ccc(S(=O)(=O)NCC2CC2)cc1. The van der Waals surface area contributed by atoms with Crippen LogP contribution in [0.15, 0.2) is 59.5 Å². The number of sulfonamides is 1. The second kappa shape index (κ2) is 8.67. The molecule has 0 saturated heterocycles. The summed E-state index contributed by atoms with van der Waals surface area (Å²) >= 11 is 1.38. The van der Waals surface area contributed by atoms with Crippen molar-refractivity contribution in [3.8, 4) is 0 Å². The number of benzene rings is 2. The summed E-state index contributed by atoms with van der Waals surface area (Å²) in [4.78, 5) is 18.0. The van der Waals surface area contributed by atoms with E-state index >= 15 is 0 Å². The topological polar surface area (TPSA) is 88.2 Å². The lowest BCUT2D eigenvalue weighted by molar-refractivity contribution is 0.103. The van der Waals surface area contributed by atoms with Crippen molar-refractivity contribution < 1.29 is 13.2 Å². The van der Waals surface area contributed by atoms with E-state index < -0.39 is 10.0 Å². The van der Waals surface area contributed by atoms with Gasteiger partial charge in [-0.2, -0.15) is 0 Å². The van der Waals surface area contributed by atoms with E-state index in [1.54, 1.807) is 12.1 Å². The molecule has 1 saturated carbocycles. The van der Waals surface area contributed by atoms with Gasteiger partial charge in [-0.05, 0) is 55.5 Å². The van der Waals surface area contributed by atoms with Gasteiger partial charge in [-0.25, -0.2) is 18.1 Å². The maximum Gasteiger partial charge on any atom is 0.267 e. The lowest BCUT2D eigenvalue weighted by atomic mass is 10.2. The van der Waals surface area contributed by atoms with Gasteiger partial charge in [-0.15, -0.1) is 11.3 Å². The normalized spacial score (nSPS) is 13.9. The zero-order valence-electron chi connectivity index (χ0n) is 16.6. The number of aryl methyl sites for hydroxylation is 1. The third-order valence-corrected chi connectivity index (χ3v) is 7.52. The molecule has 0 aliphatic heterocycles. The van der Waals surface area contributed by atoms with Crippen molar-refractivity contribution in [1.82, 2.24) is 9.71 Å². The van der Waals surface area contributed by atoms with Crippen molar-refractivity contribution in [2.75, 3.05) is 11.9 Å². The monoisotopic (exact) mass is 441 g/mol. The van der Waals surface area contributed by atoms with Crippen molar-refractivity contribution >= 4 is 33.0 Å². The van der Waals surface area contributed by atoms with Crippen LogP contribution >= 0.6 is 11.3 Å². The van der Waals surface area contributed by atoms with E-state index in [1.165, 1.54) is 23.5 Å². The standard InChI is InChI=1S/C22H23N3O3S2/c1-15-21(29-20(24-15)13-16-5-3-2-4-6-16)22(26)25-18-9-11-19(12-10-18)30(27,28)23-14-17-7-8-17/h2-6,9-12,17,23H,7-8,13-14H2,1H3,(H,25,26). The van der Waals surface area contributed by atoms with Crippen molar-refractivity contribution in [1.29, 1.82) is 0 Å². The molecule has 1 fully saturated rings. The van der Waals surface area contributed by atoms with E-state index in [4.69, 9.17) is 0 Å². The number of carbonyl (C=O) groups excluding carboxylic acids is 1. The molecule has 30 heavy (non-hydrogen) atoms. The number of aromatic nitrogens is 1. The molecule has 0 unspecified atom stereocenters. The van der Waals surface area contributed by atoms with Crippen LogP contribution in [0.3, 0.4) is 0 Å². The minimum absolute atomic E-state index is 0.195. The average molecular weight is 442 g/mol. The number of rotatable bonds is 8. The van der Waals surface area contributed by atoms with Crippen LogP contribution in [-0.2, 0) is 16.4 Å². The van der Waals surface area contributed by atoms with E-state index in [9.17, 15) is 13.2 Å². The number of amides is 1. The zero-order chi connectivity index (χ0) is 21.1. The molecule has 2 N–H and O–H groups in total. The fourth-order valence-corrected chi connectivity index (χ4v) is 5.16. The van der Waals surface area contributed by atoms with Gasteiger partial charge in [-0.3, -0.25) is 4.79 Å². The Morgan fingerprint density at radius 3 is 2.47 bits per heavy atom. The first kappa shape index (κ1) is 20.7. The molecular formula is C22H23N3O3S2. The average Bonchev–Trinajstić information content (AvgIpc) is 3.49. The highest BCUT2D eigenvalue weighted by Gasteiger charge is 2.24. The van der Waals surface area contributed by atoms with Crippen LogP contribution in [0.1, 0.15) is 38.8 Å². The van der Waals surface area contributed by atoms with Crippen LogP contribution in [0, 0.1) is 12.8 Å². The van der Waals surface area contributed by atoms with Crippen molar-refractivity contribution in [2.24, 2.45) is 5.92 Å². The van der Waals surface area contributed by atoms with Crippen molar-refractivity contribution in [2.45, 2.75) is 31.1 Å². The molecule has 0 atom stereocenters. The van der Waals surface area contributed by atoms with Crippen molar-refractivity contribution in [3.63, 3.8) is 0 Å². The Kier molecular flexibility index (Phi) is 5.99. The summed E-state index contributed by atoms with van der Waals surface area (Å²) in [6.07, 6.45) is 2.84. The molecule has 3 aromatic rings. The second-order valence-corrected chi connectivity index (χ2v) is 10.3. The smallest absolute Gasteiger partial charge is 0.267 e. The minimum Gasteiger partial charge on any atom is -0.321 e. The van der Waals surface area contributed by atoms with Crippen LogP contribution < -0.4 is 10.0 Å². The number of hydrogen-bond donors (Lipinski definition) is 2. The highest BCUT2D eigenvalue weighted by atomic mass is 32.2. The molecule has 4 rings (SSSR count). The van der Waals surface area contributed by atoms with E-state index in [0.29, 0.717) is 35.1 Å². The lowest BCUT2D eigenvalue weighted by Gasteiger charge is -2.08. The van der Waals surface area contributed by atoms with Crippen LogP contribution in [0.25, 0.3) is 0 Å². The maximum atomic E-state index is 12.7. The predicted molar refractivity (Wildman–Crippen MR) is 118 cm³/mol. The Morgan fingerprint density at radius 1 is 1.10 bits per heavy atom. The summed E-state index contributed by atoms with van der Waals surface area (Å²) in [6, 6.07) is 16.2. The molecule has 1 amide bonds. The second-order valence-electron chi connectivity index (χ2n) is 7.46. The van der Waals surface area contributed by atoms with E-state index in [2.05, 4.69) is 15.0 Å². The molecule has 1 aliphatic carbocycles. The van der Waals surface area contributed by atoms with Gasteiger partial charge in [-0.1, -0.05) is 30.3 Å². The van der Waals surface area contributed by atoms with Gasteiger partial charge < -0.3 is 5.32 Å². The van der Waals surface area contributed by atoms with Gasteiger partial charge in [0, 0.05) is 18.7 Å². The lowest BCUT2D eigenvalue weighted by Crippen LogP contribution is -2.25. The fourth-order valence-electron chi connectivity index (χ4n) is 3.05. The molecule has 1 aliphatic rings. The van der Waals surface area contributed by atoms with Crippen LogP contribution in [-0.4, -0.2) is 25.9 Å². The fraction of sp³-hybridized carbons (Fsp3) is 0.273. The summed E-state index contributed by atoms with van der Waals surface area (Å²) in [5, 5.41) is 3.71. The first-order chi connectivity index (χ1) is 14.4. The Morgan fingerprint density at radius 2 is 1.80 bits per heavy atom. The van der Waals surface area contributed by atoms with Gasteiger partial charge >= 0.3 is 0 Å². The van der Waals surface area contributed by atoms with Crippen LogP contribution in [0.5, 0.6) is 0 Å². The number of anilines is 1. The Balaban J connectivity index is 1.41. The molecule has 1 heterocycles. The van der Waals surface area contributed by atoms with E-state index in [1.807, 2.05) is 37.3 Å². The molecule has 8 heteroatoms. The van der Waals surface area contributed by atoms with E-state index in [0.717, 1.165) is 23.4 Å². The molecule has 2 aromatic carbocycles. The third kappa shape index (κ3) is 5.13. The zero-order valence-corrected chi connectivity index (χ0v) is 18.2. The quantitative estimate of drug-likeness (QED) is 0.553. The minimum atomic E-state index is -3.52. The Bertz CT molecular complexity index is 1140. The highest BCUT2D eigenvalue weighted by Crippen LogP contribution is 2.28.